The van der Waals surface area contributed by atoms with Gasteiger partial charge in [0.2, 0.25) is 0 Å². The molecular formula is C17H29NO2S. The van der Waals surface area contributed by atoms with E-state index < -0.39 is 9.84 Å². The Morgan fingerprint density at radius 3 is 2.24 bits per heavy atom. The molecular weight excluding hydrogens is 282 g/mol. The summed E-state index contributed by atoms with van der Waals surface area (Å²) in [5.74, 6) is 0.292. The van der Waals surface area contributed by atoms with E-state index in [2.05, 4.69) is 18.3 Å². The van der Waals surface area contributed by atoms with Gasteiger partial charge in [-0.3, -0.25) is 0 Å². The van der Waals surface area contributed by atoms with Crippen molar-refractivity contribution in [2.24, 2.45) is 5.92 Å². The van der Waals surface area contributed by atoms with Crippen LogP contribution in [0.1, 0.15) is 50.4 Å². The van der Waals surface area contributed by atoms with E-state index in [-0.39, 0.29) is 23.0 Å². The zero-order valence-corrected chi connectivity index (χ0v) is 14.9. The second kappa shape index (κ2) is 7.41. The molecule has 0 amide bonds. The van der Waals surface area contributed by atoms with E-state index in [1.54, 1.807) is 0 Å². The third-order valence-corrected chi connectivity index (χ3v) is 6.63. The van der Waals surface area contributed by atoms with E-state index in [0.717, 1.165) is 17.7 Å². The zero-order valence-electron chi connectivity index (χ0n) is 14.1. The van der Waals surface area contributed by atoms with Gasteiger partial charge < -0.3 is 5.32 Å². The molecule has 4 heteroatoms. The Morgan fingerprint density at radius 2 is 1.76 bits per heavy atom. The Bertz CT molecular complexity index is 564. The van der Waals surface area contributed by atoms with Crippen molar-refractivity contribution in [1.29, 1.82) is 0 Å². The van der Waals surface area contributed by atoms with Gasteiger partial charge in [0, 0.05) is 6.04 Å². The van der Waals surface area contributed by atoms with Crippen molar-refractivity contribution >= 4 is 9.84 Å². The van der Waals surface area contributed by atoms with Crippen LogP contribution in [-0.2, 0) is 9.84 Å². The van der Waals surface area contributed by atoms with E-state index in [4.69, 9.17) is 0 Å². The summed E-state index contributed by atoms with van der Waals surface area (Å²) in [5.41, 5.74) is 3.43. The molecule has 1 rings (SSSR count). The van der Waals surface area contributed by atoms with Crippen LogP contribution in [0.25, 0.3) is 0 Å². The van der Waals surface area contributed by atoms with Gasteiger partial charge in [0.05, 0.1) is 11.0 Å². The molecule has 1 aromatic carbocycles. The van der Waals surface area contributed by atoms with E-state index >= 15 is 0 Å². The number of aryl methyl sites for hydroxylation is 2. The number of benzene rings is 1. The van der Waals surface area contributed by atoms with Gasteiger partial charge >= 0.3 is 0 Å². The summed E-state index contributed by atoms with van der Waals surface area (Å²) in [6.45, 7) is 12.6. The molecule has 1 N–H and O–H groups in total. The van der Waals surface area contributed by atoms with Crippen LogP contribution in [-0.4, -0.2) is 26.0 Å². The van der Waals surface area contributed by atoms with Gasteiger partial charge in [-0.05, 0) is 44.4 Å². The van der Waals surface area contributed by atoms with Crippen LogP contribution in [0, 0.1) is 19.8 Å². The fourth-order valence-corrected chi connectivity index (χ4v) is 4.42. The van der Waals surface area contributed by atoms with Crippen molar-refractivity contribution < 1.29 is 8.42 Å². The summed E-state index contributed by atoms with van der Waals surface area (Å²) in [4.78, 5) is 0. The van der Waals surface area contributed by atoms with E-state index in [0.29, 0.717) is 0 Å². The third-order valence-electron chi connectivity index (χ3n) is 4.16. The number of hydrogen-bond acceptors (Lipinski definition) is 3. The smallest absolute Gasteiger partial charge is 0.155 e. The highest BCUT2D eigenvalue weighted by atomic mass is 32.2. The minimum Gasteiger partial charge on any atom is -0.309 e. The maximum Gasteiger partial charge on any atom is 0.155 e. The van der Waals surface area contributed by atoms with Crippen molar-refractivity contribution in [2.75, 3.05) is 12.3 Å². The molecule has 2 atom stereocenters. The zero-order chi connectivity index (χ0) is 16.2. The lowest BCUT2D eigenvalue weighted by Crippen LogP contribution is -2.34. The molecule has 0 radical (unpaired) electrons. The lowest BCUT2D eigenvalue weighted by molar-refractivity contribution is 0.525. The predicted molar refractivity (Wildman–Crippen MR) is 90.4 cm³/mol. The summed E-state index contributed by atoms with van der Waals surface area (Å²) in [7, 11) is -3.12. The summed E-state index contributed by atoms with van der Waals surface area (Å²) < 4.78 is 25.1. The highest BCUT2D eigenvalue weighted by molar-refractivity contribution is 7.92. The van der Waals surface area contributed by atoms with Gasteiger partial charge in [-0.2, -0.15) is 0 Å². The van der Waals surface area contributed by atoms with Gasteiger partial charge in [0.25, 0.3) is 0 Å². The fraction of sp³-hybridized carbons (Fsp3) is 0.647. The highest BCUT2D eigenvalue weighted by Gasteiger charge is 2.28. The minimum atomic E-state index is -3.12. The first kappa shape index (κ1) is 18.2. The largest absolute Gasteiger partial charge is 0.309 e. The van der Waals surface area contributed by atoms with E-state index in [9.17, 15) is 8.42 Å². The summed E-state index contributed by atoms with van der Waals surface area (Å²) in [5, 5.41) is 3.01. The van der Waals surface area contributed by atoms with Crippen LogP contribution in [0.5, 0.6) is 0 Å². The van der Waals surface area contributed by atoms with E-state index in [1.165, 1.54) is 5.56 Å². The molecule has 0 bridgehead atoms. The fourth-order valence-electron chi connectivity index (χ4n) is 2.52. The highest BCUT2D eigenvalue weighted by Crippen LogP contribution is 2.23. The Hall–Kier alpha value is -0.870. The van der Waals surface area contributed by atoms with E-state index in [1.807, 2.05) is 46.8 Å². The molecule has 0 aliphatic rings. The first-order chi connectivity index (χ1) is 9.69. The standard InChI is InChI=1S/C17H29NO2S/c1-7-18-17(11-21(19,20)15(6)12(2)3)16-9-8-13(4)10-14(16)5/h8-10,12,15,17-18H,7,11H2,1-6H3. The van der Waals surface area contributed by atoms with Crippen molar-refractivity contribution in [3.63, 3.8) is 0 Å². The summed E-state index contributed by atoms with van der Waals surface area (Å²) in [6, 6.07) is 6.07. The maximum absolute atomic E-state index is 12.6. The molecule has 0 fully saturated rings. The molecule has 2 unspecified atom stereocenters. The molecule has 0 aromatic heterocycles. The molecule has 0 saturated carbocycles. The second-order valence-electron chi connectivity index (χ2n) is 6.25. The lowest BCUT2D eigenvalue weighted by atomic mass is 10.0. The molecule has 0 aliphatic heterocycles. The molecule has 21 heavy (non-hydrogen) atoms. The van der Waals surface area contributed by atoms with Gasteiger partial charge in [-0.15, -0.1) is 0 Å². The van der Waals surface area contributed by atoms with Crippen molar-refractivity contribution in [3.05, 3.63) is 34.9 Å². The monoisotopic (exact) mass is 311 g/mol. The number of rotatable bonds is 7. The third kappa shape index (κ3) is 4.82. The Balaban J connectivity index is 3.08. The quantitative estimate of drug-likeness (QED) is 0.839. The first-order valence-electron chi connectivity index (χ1n) is 7.71. The second-order valence-corrected chi connectivity index (χ2v) is 8.65. The molecule has 120 valence electrons. The first-order valence-corrected chi connectivity index (χ1v) is 9.42. The molecule has 0 spiro atoms. The minimum absolute atomic E-state index is 0.136. The van der Waals surface area contributed by atoms with Crippen molar-refractivity contribution in [3.8, 4) is 0 Å². The number of hydrogen-bond donors (Lipinski definition) is 1. The van der Waals surface area contributed by atoms with Crippen LogP contribution in [0.3, 0.4) is 0 Å². The molecule has 0 heterocycles. The molecule has 0 aliphatic carbocycles. The van der Waals surface area contributed by atoms with Gasteiger partial charge in [0.15, 0.2) is 9.84 Å². The van der Waals surface area contributed by atoms with Crippen LogP contribution < -0.4 is 5.32 Å². The molecule has 1 aromatic rings. The van der Waals surface area contributed by atoms with Gasteiger partial charge in [0.1, 0.15) is 0 Å². The maximum atomic E-state index is 12.6. The predicted octanol–water partition coefficient (Wildman–Crippen LogP) is 3.41. The SMILES string of the molecule is CCNC(CS(=O)(=O)C(C)C(C)C)c1ccc(C)cc1C. The number of nitrogens with one attached hydrogen (secondary N) is 1. The van der Waals surface area contributed by atoms with Gasteiger partial charge in [-0.25, -0.2) is 8.42 Å². The topological polar surface area (TPSA) is 46.2 Å². The van der Waals surface area contributed by atoms with Crippen LogP contribution in [0.2, 0.25) is 0 Å². The number of sulfone groups is 1. The summed E-state index contributed by atoms with van der Waals surface area (Å²) >= 11 is 0. The van der Waals surface area contributed by atoms with Crippen LogP contribution >= 0.6 is 0 Å². The van der Waals surface area contributed by atoms with Crippen molar-refractivity contribution in [1.82, 2.24) is 5.32 Å². The average molecular weight is 311 g/mol. The normalized spacial score (nSPS) is 15.2. The lowest BCUT2D eigenvalue weighted by Gasteiger charge is -2.24. The molecule has 3 nitrogen and oxygen atoms in total. The summed E-state index contributed by atoms with van der Waals surface area (Å²) in [6.07, 6.45) is 0. The Labute approximate surface area is 130 Å². The molecule has 0 saturated heterocycles. The Morgan fingerprint density at radius 1 is 1.14 bits per heavy atom. The Kier molecular flexibility index (Phi) is 6.41. The van der Waals surface area contributed by atoms with Crippen LogP contribution in [0.15, 0.2) is 18.2 Å². The van der Waals surface area contributed by atoms with Crippen molar-refractivity contribution in [2.45, 2.75) is 52.8 Å². The van der Waals surface area contributed by atoms with Gasteiger partial charge in [-0.1, -0.05) is 44.5 Å². The average Bonchev–Trinajstić information content (AvgIpc) is 2.37. The van der Waals surface area contributed by atoms with Crippen LogP contribution in [0.4, 0.5) is 0 Å².